The number of halogens is 3. The van der Waals surface area contributed by atoms with Crippen molar-refractivity contribution in [2.45, 2.75) is 13.1 Å². The minimum Gasteiger partial charge on any atom is -0.378 e. The van der Waals surface area contributed by atoms with Gasteiger partial charge in [-0.3, -0.25) is 0 Å². The number of nitrogens with one attached hydrogen (secondary N) is 1. The molecule has 2 aliphatic heterocycles. The Balaban J connectivity index is 1.37. The second kappa shape index (κ2) is 10.2. The van der Waals surface area contributed by atoms with Gasteiger partial charge in [0.05, 0.1) is 18.8 Å². The van der Waals surface area contributed by atoms with Gasteiger partial charge in [0.2, 0.25) is 5.95 Å². The quantitative estimate of drug-likeness (QED) is 0.563. The third kappa shape index (κ3) is 5.46. The molecule has 36 heavy (non-hydrogen) atoms. The molecule has 1 N–H and O–H groups in total. The normalized spacial score (nSPS) is 16.8. The summed E-state index contributed by atoms with van der Waals surface area (Å²) in [4.78, 5) is 19.5. The van der Waals surface area contributed by atoms with Crippen molar-refractivity contribution in [2.75, 3.05) is 72.5 Å². The summed E-state index contributed by atoms with van der Waals surface area (Å²) in [6.45, 7) is 6.47. The van der Waals surface area contributed by atoms with Crippen LogP contribution in [-0.2, 0) is 10.9 Å². The van der Waals surface area contributed by atoms with E-state index < -0.39 is 11.7 Å². The summed E-state index contributed by atoms with van der Waals surface area (Å²) in [7, 11) is 0. The Morgan fingerprint density at radius 3 is 2.25 bits per heavy atom. The number of morpholine rings is 1. The first-order valence-corrected chi connectivity index (χ1v) is 11.9. The average Bonchev–Trinajstić information content (AvgIpc) is 2.90. The number of ether oxygens (including phenoxy) is 1. The molecule has 0 amide bonds. The van der Waals surface area contributed by atoms with Crippen molar-refractivity contribution >= 4 is 29.1 Å². The lowest BCUT2D eigenvalue weighted by Crippen LogP contribution is -2.48. The molecule has 0 radical (unpaired) electrons. The number of anilines is 5. The first-order valence-electron chi connectivity index (χ1n) is 11.9. The summed E-state index contributed by atoms with van der Waals surface area (Å²) >= 11 is 0. The number of aromatic nitrogens is 3. The second-order valence-electron chi connectivity index (χ2n) is 8.85. The number of piperazine rings is 1. The smallest absolute Gasteiger partial charge is 0.378 e. The van der Waals surface area contributed by atoms with Crippen LogP contribution in [0.3, 0.4) is 0 Å². The van der Waals surface area contributed by atoms with E-state index >= 15 is 0 Å². The van der Waals surface area contributed by atoms with E-state index in [9.17, 15) is 13.2 Å². The van der Waals surface area contributed by atoms with Gasteiger partial charge in [0, 0.05) is 57.2 Å². The van der Waals surface area contributed by atoms with Gasteiger partial charge in [0.15, 0.2) is 0 Å². The zero-order valence-corrected chi connectivity index (χ0v) is 20.0. The van der Waals surface area contributed by atoms with Crippen LogP contribution in [0.4, 0.5) is 42.3 Å². The van der Waals surface area contributed by atoms with Gasteiger partial charge in [-0.15, -0.1) is 0 Å². The zero-order chi connectivity index (χ0) is 25.1. The molecule has 4 heterocycles. The minimum atomic E-state index is -4.45. The molecule has 0 spiro atoms. The van der Waals surface area contributed by atoms with Crippen LogP contribution >= 0.6 is 0 Å². The van der Waals surface area contributed by atoms with Crippen LogP contribution in [0.2, 0.25) is 0 Å². The van der Waals surface area contributed by atoms with Gasteiger partial charge < -0.3 is 24.8 Å². The highest BCUT2D eigenvalue weighted by Gasteiger charge is 2.36. The van der Waals surface area contributed by atoms with Crippen LogP contribution < -0.4 is 20.0 Å². The number of hydrogen-bond donors (Lipinski definition) is 1. The van der Waals surface area contributed by atoms with E-state index in [2.05, 4.69) is 15.2 Å². The number of benzene rings is 1. The topological polar surface area (TPSA) is 69.7 Å². The number of alkyl halides is 3. The van der Waals surface area contributed by atoms with E-state index in [4.69, 9.17) is 14.7 Å². The second-order valence-corrected chi connectivity index (χ2v) is 8.85. The summed E-state index contributed by atoms with van der Waals surface area (Å²) in [6.07, 6.45) is -3.05. The molecule has 1 aromatic carbocycles. The van der Waals surface area contributed by atoms with Crippen molar-refractivity contribution in [3.8, 4) is 0 Å². The molecule has 2 saturated heterocycles. The fraction of sp³-hybridized carbons (Fsp3) is 0.400. The molecule has 5 rings (SSSR count). The molecule has 0 unspecified atom stereocenters. The van der Waals surface area contributed by atoms with Gasteiger partial charge in [0.25, 0.3) is 0 Å². The van der Waals surface area contributed by atoms with E-state index in [0.717, 1.165) is 36.2 Å². The maximum Gasteiger partial charge on any atom is 0.419 e. The lowest BCUT2D eigenvalue weighted by Gasteiger charge is -2.37. The highest BCUT2D eigenvalue weighted by Crippen LogP contribution is 2.35. The molecule has 0 atom stereocenters. The van der Waals surface area contributed by atoms with E-state index in [1.807, 2.05) is 42.2 Å². The number of aryl methyl sites for hydroxylation is 1. The predicted octanol–water partition coefficient (Wildman–Crippen LogP) is 4.11. The first-order chi connectivity index (χ1) is 17.4. The Labute approximate surface area is 207 Å². The van der Waals surface area contributed by atoms with Gasteiger partial charge in [0.1, 0.15) is 17.5 Å². The highest BCUT2D eigenvalue weighted by molar-refractivity contribution is 5.62. The Morgan fingerprint density at radius 1 is 0.861 bits per heavy atom. The molecule has 190 valence electrons. The Hall–Kier alpha value is -3.60. The number of pyridine rings is 1. The molecule has 2 aliphatic rings. The molecule has 0 bridgehead atoms. The third-order valence-corrected chi connectivity index (χ3v) is 6.31. The largest absolute Gasteiger partial charge is 0.419 e. The molecule has 0 aliphatic carbocycles. The van der Waals surface area contributed by atoms with Crippen LogP contribution in [0.25, 0.3) is 0 Å². The maximum atomic E-state index is 13.5. The fourth-order valence-electron chi connectivity index (χ4n) is 4.36. The van der Waals surface area contributed by atoms with Crippen LogP contribution in [0, 0.1) is 6.92 Å². The number of rotatable bonds is 5. The lowest BCUT2D eigenvalue weighted by atomic mass is 10.2. The van der Waals surface area contributed by atoms with Crippen molar-refractivity contribution in [3.63, 3.8) is 0 Å². The van der Waals surface area contributed by atoms with Crippen molar-refractivity contribution < 1.29 is 17.9 Å². The van der Waals surface area contributed by atoms with Gasteiger partial charge in [-0.05, 0) is 31.2 Å². The number of nitrogens with zero attached hydrogens (tertiary/aromatic N) is 6. The Morgan fingerprint density at radius 2 is 1.56 bits per heavy atom. The molecule has 0 saturated carbocycles. The molecule has 2 aromatic heterocycles. The maximum absolute atomic E-state index is 13.5. The van der Waals surface area contributed by atoms with Gasteiger partial charge in [-0.2, -0.15) is 23.1 Å². The van der Waals surface area contributed by atoms with E-state index in [1.165, 1.54) is 12.3 Å². The monoisotopic (exact) mass is 499 g/mol. The average molecular weight is 500 g/mol. The minimum absolute atomic E-state index is 0.0330. The molecular formula is C25H28F3N7O. The van der Waals surface area contributed by atoms with Crippen LogP contribution in [-0.4, -0.2) is 67.4 Å². The van der Waals surface area contributed by atoms with Crippen molar-refractivity contribution in [1.82, 2.24) is 15.0 Å². The highest BCUT2D eigenvalue weighted by atomic mass is 19.4. The summed E-state index contributed by atoms with van der Waals surface area (Å²) in [5.41, 5.74) is 1.36. The number of hydrogen-bond acceptors (Lipinski definition) is 8. The van der Waals surface area contributed by atoms with Gasteiger partial charge in [-0.25, -0.2) is 4.98 Å². The Kier molecular flexibility index (Phi) is 6.82. The summed E-state index contributed by atoms with van der Waals surface area (Å²) in [5.74, 6) is 1.97. The molecule has 2 fully saturated rings. The zero-order valence-electron chi connectivity index (χ0n) is 20.0. The van der Waals surface area contributed by atoms with Gasteiger partial charge >= 0.3 is 6.18 Å². The third-order valence-electron chi connectivity index (χ3n) is 6.31. The fourth-order valence-corrected chi connectivity index (χ4v) is 4.36. The Bertz CT molecular complexity index is 1180. The summed E-state index contributed by atoms with van der Waals surface area (Å²) < 4.78 is 46.0. The van der Waals surface area contributed by atoms with Crippen LogP contribution in [0.1, 0.15) is 11.1 Å². The lowest BCUT2D eigenvalue weighted by molar-refractivity contribution is -0.137. The molecule has 8 nitrogen and oxygen atoms in total. The first kappa shape index (κ1) is 24.1. The van der Waals surface area contributed by atoms with E-state index in [0.29, 0.717) is 51.2 Å². The molecule has 11 heteroatoms. The van der Waals surface area contributed by atoms with E-state index in [-0.39, 0.29) is 5.82 Å². The SMILES string of the molecule is Cc1ccc(Nc2cc(N3CCOCC3)nc(N3CCN(c4ncccc4C(F)(F)F)CC3)n2)cc1. The van der Waals surface area contributed by atoms with Crippen molar-refractivity contribution in [2.24, 2.45) is 0 Å². The van der Waals surface area contributed by atoms with Crippen molar-refractivity contribution in [1.29, 1.82) is 0 Å². The van der Waals surface area contributed by atoms with Gasteiger partial charge in [-0.1, -0.05) is 17.7 Å². The van der Waals surface area contributed by atoms with E-state index in [1.54, 1.807) is 4.90 Å². The van der Waals surface area contributed by atoms with Crippen LogP contribution in [0.5, 0.6) is 0 Å². The standard InChI is InChI=1S/C25H28F3N7O/c1-18-4-6-19(7-5-18)30-21-17-22(33-13-15-36-16-14-33)32-24(31-21)35-11-9-34(10-12-35)23-20(25(26,27)28)3-2-8-29-23/h2-8,17H,9-16H2,1H3,(H,30,31,32). The summed E-state index contributed by atoms with van der Waals surface area (Å²) in [5, 5.41) is 3.37. The van der Waals surface area contributed by atoms with Crippen molar-refractivity contribution in [3.05, 3.63) is 59.8 Å². The summed E-state index contributed by atoms with van der Waals surface area (Å²) in [6, 6.07) is 12.4. The molecular weight excluding hydrogens is 471 g/mol. The predicted molar refractivity (Wildman–Crippen MR) is 133 cm³/mol. The molecule has 3 aromatic rings. The van der Waals surface area contributed by atoms with Crippen LogP contribution in [0.15, 0.2) is 48.7 Å².